The van der Waals surface area contributed by atoms with E-state index in [2.05, 4.69) is 30.2 Å². The lowest BCUT2D eigenvalue weighted by molar-refractivity contribution is -0.116. The third-order valence-corrected chi connectivity index (χ3v) is 5.26. The SMILES string of the molecule is COc1cc(/C=C/C(=O)NCCc2nc3ccccc3s2)ccc1OCC(C)C. The summed E-state index contributed by atoms with van der Waals surface area (Å²) >= 11 is 1.66. The Balaban J connectivity index is 1.51. The van der Waals surface area contributed by atoms with Crippen molar-refractivity contribution in [2.75, 3.05) is 20.3 Å². The van der Waals surface area contributed by atoms with Gasteiger partial charge < -0.3 is 14.8 Å². The molecular weight excluding hydrogens is 384 g/mol. The van der Waals surface area contributed by atoms with E-state index in [-0.39, 0.29) is 5.91 Å². The van der Waals surface area contributed by atoms with E-state index in [4.69, 9.17) is 9.47 Å². The second kappa shape index (κ2) is 10.1. The average molecular weight is 411 g/mol. The Morgan fingerprint density at radius 3 is 2.79 bits per heavy atom. The van der Waals surface area contributed by atoms with Gasteiger partial charge >= 0.3 is 0 Å². The number of benzene rings is 2. The number of nitrogens with zero attached hydrogens (tertiary/aromatic N) is 1. The van der Waals surface area contributed by atoms with Gasteiger partial charge in [0, 0.05) is 19.0 Å². The summed E-state index contributed by atoms with van der Waals surface area (Å²) in [6, 6.07) is 13.7. The van der Waals surface area contributed by atoms with Crippen LogP contribution in [0.15, 0.2) is 48.5 Å². The zero-order valence-corrected chi connectivity index (χ0v) is 17.8. The van der Waals surface area contributed by atoms with E-state index in [1.54, 1.807) is 24.5 Å². The van der Waals surface area contributed by atoms with Gasteiger partial charge in [0.25, 0.3) is 0 Å². The zero-order valence-electron chi connectivity index (χ0n) is 17.0. The Kier molecular flexibility index (Phi) is 7.25. The molecular formula is C23H26N2O3S. The molecule has 152 valence electrons. The van der Waals surface area contributed by atoms with Gasteiger partial charge in [-0.25, -0.2) is 4.98 Å². The van der Waals surface area contributed by atoms with Crippen LogP contribution in [0, 0.1) is 5.92 Å². The molecule has 2 aromatic carbocycles. The number of hydrogen-bond acceptors (Lipinski definition) is 5. The van der Waals surface area contributed by atoms with Crippen LogP contribution in [0.5, 0.6) is 11.5 Å². The van der Waals surface area contributed by atoms with Gasteiger partial charge in [-0.15, -0.1) is 11.3 Å². The van der Waals surface area contributed by atoms with Gasteiger partial charge in [0.15, 0.2) is 11.5 Å². The first-order valence-corrected chi connectivity index (χ1v) is 10.5. The summed E-state index contributed by atoms with van der Waals surface area (Å²) in [5.41, 5.74) is 1.88. The molecule has 0 atom stereocenters. The van der Waals surface area contributed by atoms with Crippen LogP contribution < -0.4 is 14.8 Å². The Hall–Kier alpha value is -2.86. The number of thiazole rings is 1. The third kappa shape index (κ3) is 6.06. The number of hydrogen-bond donors (Lipinski definition) is 1. The summed E-state index contributed by atoms with van der Waals surface area (Å²) < 4.78 is 12.3. The van der Waals surface area contributed by atoms with E-state index in [9.17, 15) is 4.79 Å². The van der Waals surface area contributed by atoms with E-state index in [1.165, 1.54) is 10.8 Å². The van der Waals surface area contributed by atoms with Crippen molar-refractivity contribution in [1.29, 1.82) is 0 Å². The minimum absolute atomic E-state index is 0.134. The van der Waals surface area contributed by atoms with Crippen LogP contribution in [-0.2, 0) is 11.2 Å². The van der Waals surface area contributed by atoms with Crippen molar-refractivity contribution < 1.29 is 14.3 Å². The van der Waals surface area contributed by atoms with Crippen LogP contribution in [0.4, 0.5) is 0 Å². The Morgan fingerprint density at radius 1 is 1.21 bits per heavy atom. The van der Waals surface area contributed by atoms with E-state index in [0.29, 0.717) is 37.0 Å². The normalized spacial score (nSPS) is 11.3. The van der Waals surface area contributed by atoms with Crippen molar-refractivity contribution in [2.24, 2.45) is 5.92 Å². The van der Waals surface area contributed by atoms with Crippen LogP contribution in [0.3, 0.4) is 0 Å². The number of carbonyl (C=O) groups is 1. The summed E-state index contributed by atoms with van der Waals surface area (Å²) in [6.07, 6.45) is 4.01. The molecule has 5 nitrogen and oxygen atoms in total. The molecule has 29 heavy (non-hydrogen) atoms. The molecule has 1 aromatic heterocycles. The maximum atomic E-state index is 12.1. The molecule has 0 bridgehead atoms. The number of amides is 1. The highest BCUT2D eigenvalue weighted by Crippen LogP contribution is 2.29. The molecule has 0 fully saturated rings. The molecule has 0 aliphatic heterocycles. The fourth-order valence-corrected chi connectivity index (χ4v) is 3.68. The molecule has 0 saturated carbocycles. The lowest BCUT2D eigenvalue weighted by Crippen LogP contribution is -2.23. The summed E-state index contributed by atoms with van der Waals surface area (Å²) in [5.74, 6) is 1.67. The lowest BCUT2D eigenvalue weighted by Gasteiger charge is -2.12. The Morgan fingerprint density at radius 2 is 2.03 bits per heavy atom. The van der Waals surface area contributed by atoms with E-state index in [0.717, 1.165) is 16.1 Å². The van der Waals surface area contributed by atoms with Crippen LogP contribution in [-0.4, -0.2) is 31.2 Å². The number of rotatable bonds is 9. The topological polar surface area (TPSA) is 60.5 Å². The molecule has 0 spiro atoms. The first kappa shape index (κ1) is 20.9. The molecule has 3 rings (SSSR count). The highest BCUT2D eigenvalue weighted by atomic mass is 32.1. The van der Waals surface area contributed by atoms with Gasteiger partial charge in [0.1, 0.15) is 0 Å². The van der Waals surface area contributed by atoms with Crippen LogP contribution in [0.2, 0.25) is 0 Å². The molecule has 0 aliphatic carbocycles. The highest BCUT2D eigenvalue weighted by molar-refractivity contribution is 7.18. The molecule has 6 heteroatoms. The van der Waals surface area contributed by atoms with E-state index >= 15 is 0 Å². The average Bonchev–Trinajstić information content (AvgIpc) is 3.13. The third-order valence-electron chi connectivity index (χ3n) is 4.16. The number of methoxy groups -OCH3 is 1. The molecule has 3 aromatic rings. The molecule has 1 heterocycles. The minimum atomic E-state index is -0.134. The van der Waals surface area contributed by atoms with E-state index < -0.39 is 0 Å². The Labute approximate surface area is 175 Å². The van der Waals surface area contributed by atoms with Gasteiger partial charge in [0.05, 0.1) is 28.9 Å². The molecule has 1 N–H and O–H groups in total. The van der Waals surface area contributed by atoms with Gasteiger partial charge in [-0.2, -0.15) is 0 Å². The smallest absolute Gasteiger partial charge is 0.244 e. The number of ether oxygens (including phenoxy) is 2. The predicted molar refractivity (Wildman–Crippen MR) is 119 cm³/mol. The van der Waals surface area contributed by atoms with Gasteiger partial charge in [-0.05, 0) is 41.8 Å². The van der Waals surface area contributed by atoms with Crippen LogP contribution >= 0.6 is 11.3 Å². The second-order valence-corrected chi connectivity index (χ2v) is 8.18. The lowest BCUT2D eigenvalue weighted by atomic mass is 10.2. The van der Waals surface area contributed by atoms with Crippen LogP contribution in [0.1, 0.15) is 24.4 Å². The summed E-state index contributed by atoms with van der Waals surface area (Å²) in [5, 5.41) is 3.93. The van der Waals surface area contributed by atoms with Crippen molar-refractivity contribution in [2.45, 2.75) is 20.3 Å². The molecule has 0 unspecified atom stereocenters. The maximum absolute atomic E-state index is 12.1. The molecule has 1 amide bonds. The number of nitrogens with one attached hydrogen (secondary N) is 1. The maximum Gasteiger partial charge on any atom is 0.244 e. The van der Waals surface area contributed by atoms with Crippen molar-refractivity contribution in [3.05, 3.63) is 59.1 Å². The van der Waals surface area contributed by atoms with Crippen molar-refractivity contribution in [1.82, 2.24) is 10.3 Å². The number of fused-ring (bicyclic) bond motifs is 1. The van der Waals surface area contributed by atoms with Gasteiger partial charge in [0.2, 0.25) is 5.91 Å². The standard InChI is InChI=1S/C23H26N2O3S/c1-16(2)15-28-19-10-8-17(14-20(19)27-3)9-11-22(26)24-13-12-23-25-18-6-4-5-7-21(18)29-23/h4-11,14,16H,12-13,15H2,1-3H3,(H,24,26)/b11-9+. The quantitative estimate of drug-likeness (QED) is 0.519. The fraction of sp³-hybridized carbons (Fsp3) is 0.304. The highest BCUT2D eigenvalue weighted by Gasteiger charge is 2.07. The fourth-order valence-electron chi connectivity index (χ4n) is 2.71. The summed E-state index contributed by atoms with van der Waals surface area (Å²) in [6.45, 7) is 5.37. The molecule has 0 aliphatic rings. The Bertz CT molecular complexity index is 962. The van der Waals surface area contributed by atoms with Gasteiger partial charge in [-0.3, -0.25) is 4.79 Å². The van der Waals surface area contributed by atoms with Crippen molar-refractivity contribution in [3.63, 3.8) is 0 Å². The van der Waals surface area contributed by atoms with Crippen LogP contribution in [0.25, 0.3) is 16.3 Å². The minimum Gasteiger partial charge on any atom is -0.493 e. The second-order valence-electron chi connectivity index (χ2n) is 7.06. The number of aromatic nitrogens is 1. The van der Waals surface area contributed by atoms with E-state index in [1.807, 2.05) is 36.4 Å². The predicted octanol–water partition coefficient (Wildman–Crippen LogP) is 4.71. The van der Waals surface area contributed by atoms with Gasteiger partial charge in [-0.1, -0.05) is 32.0 Å². The molecule has 0 saturated heterocycles. The monoisotopic (exact) mass is 410 g/mol. The summed E-state index contributed by atoms with van der Waals surface area (Å²) in [4.78, 5) is 16.7. The summed E-state index contributed by atoms with van der Waals surface area (Å²) in [7, 11) is 1.61. The first-order valence-electron chi connectivity index (χ1n) is 9.66. The van der Waals surface area contributed by atoms with Crippen molar-refractivity contribution in [3.8, 4) is 11.5 Å². The first-order chi connectivity index (χ1) is 14.0. The zero-order chi connectivity index (χ0) is 20.6. The number of para-hydroxylation sites is 1. The largest absolute Gasteiger partial charge is 0.493 e. The van der Waals surface area contributed by atoms with Crippen molar-refractivity contribution >= 4 is 33.5 Å². The number of carbonyl (C=O) groups excluding carboxylic acids is 1. The molecule has 0 radical (unpaired) electrons.